The summed E-state index contributed by atoms with van der Waals surface area (Å²) in [6.45, 7) is 1.40. The fourth-order valence-corrected chi connectivity index (χ4v) is 8.50. The Labute approximate surface area is 164 Å². The van der Waals surface area contributed by atoms with Crippen LogP contribution in [0.5, 0.6) is 0 Å². The average Bonchev–Trinajstić information content (AvgIpc) is 3.12. The van der Waals surface area contributed by atoms with Gasteiger partial charge in [0, 0.05) is 22.3 Å². The van der Waals surface area contributed by atoms with Crippen LogP contribution in [0, 0.1) is 63.1 Å². The lowest BCUT2D eigenvalue weighted by Crippen LogP contribution is -2.87. The summed E-state index contributed by atoms with van der Waals surface area (Å²) in [6.07, 6.45) is 3.86. The Kier molecular flexibility index (Phi) is 3.07. The number of hydrogen-bond donors (Lipinski definition) is 0. The number of hydrogen-bond acceptors (Lipinski definition) is 4. The Morgan fingerprint density at radius 1 is 1.15 bits per heavy atom. The first-order chi connectivity index (χ1) is 13.1. The second kappa shape index (κ2) is 5.06. The van der Waals surface area contributed by atoms with Crippen molar-refractivity contribution in [3.05, 3.63) is 34.9 Å². The van der Waals surface area contributed by atoms with Crippen LogP contribution < -0.4 is 0 Å². The summed E-state index contributed by atoms with van der Waals surface area (Å²) in [4.78, 5) is 0. The molecule has 2 spiro atoms. The Morgan fingerprint density at radius 3 is 2.52 bits per heavy atom. The number of nitrogens with zero attached hydrogens (tertiary/aromatic N) is 2. The number of rotatable bonds is 3. The van der Waals surface area contributed by atoms with Crippen molar-refractivity contribution in [3.8, 4) is 12.1 Å². The Bertz CT molecular complexity index is 894. The van der Waals surface area contributed by atoms with Crippen LogP contribution in [0.2, 0.25) is 5.02 Å². The first-order valence-electron chi connectivity index (χ1n) is 9.93. The van der Waals surface area contributed by atoms with Gasteiger partial charge in [0.2, 0.25) is 0 Å². The molecule has 9 rings (SSSR count). The SMILES string of the molecule is N#CC(C#N)C1(Cc2cccc(Cl)c2)C2CC3CC14CC(C24)C31OCCO1. The molecular formula is C22H21ClN2O2. The third-order valence-electron chi connectivity index (χ3n) is 8.81. The van der Waals surface area contributed by atoms with Gasteiger partial charge in [0.25, 0.3) is 0 Å². The van der Waals surface area contributed by atoms with Crippen LogP contribution in [0.4, 0.5) is 0 Å². The van der Waals surface area contributed by atoms with Gasteiger partial charge >= 0.3 is 0 Å². The van der Waals surface area contributed by atoms with Crippen LogP contribution in [0.25, 0.3) is 0 Å². The number of ether oxygens (including phenoxy) is 2. The molecule has 138 valence electrons. The largest absolute Gasteiger partial charge is 0.347 e. The predicted octanol–water partition coefficient (Wildman–Crippen LogP) is 3.95. The van der Waals surface area contributed by atoms with Gasteiger partial charge in [0.15, 0.2) is 5.79 Å². The highest BCUT2D eigenvalue weighted by atomic mass is 35.5. The molecule has 1 aromatic carbocycles. The molecule has 4 nitrogen and oxygen atoms in total. The van der Waals surface area contributed by atoms with Crippen LogP contribution in [0.15, 0.2) is 24.3 Å². The first kappa shape index (κ1) is 16.4. The smallest absolute Gasteiger partial charge is 0.174 e. The minimum atomic E-state index is -0.570. The average molecular weight is 381 g/mol. The van der Waals surface area contributed by atoms with E-state index in [4.69, 9.17) is 21.1 Å². The minimum Gasteiger partial charge on any atom is -0.347 e. The molecule has 8 fully saturated rings. The van der Waals surface area contributed by atoms with Crippen LogP contribution in [0.1, 0.15) is 24.8 Å². The molecular weight excluding hydrogens is 360 g/mol. The summed E-state index contributed by atoms with van der Waals surface area (Å²) in [5.74, 6) is 0.891. The van der Waals surface area contributed by atoms with Crippen molar-refractivity contribution in [1.82, 2.24) is 0 Å². The van der Waals surface area contributed by atoms with Gasteiger partial charge in [-0.25, -0.2) is 0 Å². The number of halogens is 1. The van der Waals surface area contributed by atoms with Gasteiger partial charge in [-0.3, -0.25) is 0 Å². The zero-order valence-corrected chi connectivity index (χ0v) is 15.8. The molecule has 0 amide bonds. The zero-order chi connectivity index (χ0) is 18.4. The summed E-state index contributed by atoms with van der Waals surface area (Å²) in [6, 6.07) is 12.7. The van der Waals surface area contributed by atoms with Crippen molar-refractivity contribution >= 4 is 11.6 Å². The van der Waals surface area contributed by atoms with Gasteiger partial charge in [-0.05, 0) is 60.6 Å². The molecule has 5 bridgehead atoms. The van der Waals surface area contributed by atoms with E-state index in [9.17, 15) is 10.5 Å². The number of nitriles is 2. The lowest BCUT2D eigenvalue weighted by molar-refractivity contribution is -0.465. The molecule has 0 radical (unpaired) electrons. The lowest BCUT2D eigenvalue weighted by atomic mass is 9.16. The molecule has 1 aliphatic heterocycles. The maximum Gasteiger partial charge on any atom is 0.174 e. The fraction of sp³-hybridized carbons (Fsp3) is 0.636. The Balaban J connectivity index is 1.42. The van der Waals surface area contributed by atoms with E-state index >= 15 is 0 Å². The van der Waals surface area contributed by atoms with Crippen molar-refractivity contribution in [2.75, 3.05) is 13.2 Å². The molecule has 7 aliphatic carbocycles. The third-order valence-corrected chi connectivity index (χ3v) is 9.05. The summed E-state index contributed by atoms with van der Waals surface area (Å²) < 4.78 is 12.4. The van der Waals surface area contributed by atoms with Gasteiger partial charge in [-0.15, -0.1) is 0 Å². The highest BCUT2D eigenvalue weighted by molar-refractivity contribution is 6.30. The van der Waals surface area contributed by atoms with E-state index in [0.717, 1.165) is 36.3 Å². The van der Waals surface area contributed by atoms with E-state index in [1.807, 2.05) is 18.2 Å². The number of benzene rings is 1. The first-order valence-corrected chi connectivity index (χ1v) is 10.3. The molecule has 5 heteroatoms. The van der Waals surface area contributed by atoms with Crippen molar-refractivity contribution in [2.24, 2.45) is 40.4 Å². The highest BCUT2D eigenvalue weighted by Gasteiger charge is 2.89. The van der Waals surface area contributed by atoms with E-state index < -0.39 is 5.92 Å². The van der Waals surface area contributed by atoms with E-state index in [1.54, 1.807) is 0 Å². The molecule has 7 saturated carbocycles. The molecule has 6 atom stereocenters. The molecule has 1 saturated heterocycles. The van der Waals surface area contributed by atoms with Crippen LogP contribution >= 0.6 is 11.6 Å². The lowest BCUT2D eigenvalue weighted by Gasteiger charge is -2.88. The molecule has 8 aliphatic rings. The maximum absolute atomic E-state index is 9.87. The molecule has 0 N–H and O–H groups in total. The van der Waals surface area contributed by atoms with E-state index in [-0.39, 0.29) is 16.6 Å². The van der Waals surface area contributed by atoms with E-state index in [2.05, 4.69) is 18.2 Å². The van der Waals surface area contributed by atoms with Gasteiger partial charge in [0.1, 0.15) is 5.92 Å². The topological polar surface area (TPSA) is 66.0 Å². The molecule has 1 heterocycles. The summed E-state index contributed by atoms with van der Waals surface area (Å²) in [7, 11) is 0. The third kappa shape index (κ3) is 1.60. The molecule has 6 unspecified atom stereocenters. The molecule has 1 aromatic rings. The zero-order valence-electron chi connectivity index (χ0n) is 15.0. The quantitative estimate of drug-likeness (QED) is 0.796. The van der Waals surface area contributed by atoms with Crippen LogP contribution in [-0.4, -0.2) is 19.0 Å². The van der Waals surface area contributed by atoms with Gasteiger partial charge in [-0.2, -0.15) is 10.5 Å². The van der Waals surface area contributed by atoms with Gasteiger partial charge in [0.05, 0.1) is 25.4 Å². The van der Waals surface area contributed by atoms with Crippen molar-refractivity contribution in [1.29, 1.82) is 10.5 Å². The van der Waals surface area contributed by atoms with E-state index in [0.29, 0.717) is 36.9 Å². The Morgan fingerprint density at radius 2 is 1.93 bits per heavy atom. The summed E-state index contributed by atoms with van der Waals surface area (Å²) in [5.41, 5.74) is 0.995. The van der Waals surface area contributed by atoms with Crippen molar-refractivity contribution in [3.63, 3.8) is 0 Å². The standard InChI is InChI=1S/C22H21ClN2O2/c23-16-3-1-2-13(6-16)8-21(15(11-24)12-25)17-7-14-9-20(21)10-18(19(17)20)22(14)26-4-5-27-22/h1-3,6,14-15,17-19H,4-5,7-10H2. The van der Waals surface area contributed by atoms with Crippen molar-refractivity contribution < 1.29 is 9.47 Å². The highest BCUT2D eigenvalue weighted by Crippen LogP contribution is 2.90. The minimum absolute atomic E-state index is 0.101. The second-order valence-corrected chi connectivity index (χ2v) is 9.63. The van der Waals surface area contributed by atoms with Crippen LogP contribution in [-0.2, 0) is 15.9 Å². The molecule has 27 heavy (non-hydrogen) atoms. The van der Waals surface area contributed by atoms with E-state index in [1.165, 1.54) is 0 Å². The maximum atomic E-state index is 9.87. The monoisotopic (exact) mass is 380 g/mol. The van der Waals surface area contributed by atoms with Gasteiger partial charge < -0.3 is 9.47 Å². The molecule has 0 aromatic heterocycles. The Hall–Kier alpha value is -1.59. The normalized spacial score (nSPS) is 44.4. The summed E-state index contributed by atoms with van der Waals surface area (Å²) >= 11 is 6.23. The second-order valence-electron chi connectivity index (χ2n) is 9.19. The fourth-order valence-electron chi connectivity index (χ4n) is 8.29. The van der Waals surface area contributed by atoms with Crippen LogP contribution in [0.3, 0.4) is 0 Å². The van der Waals surface area contributed by atoms with Crippen molar-refractivity contribution in [2.45, 2.75) is 31.5 Å². The van der Waals surface area contributed by atoms with Gasteiger partial charge in [-0.1, -0.05) is 23.7 Å². The summed E-state index contributed by atoms with van der Waals surface area (Å²) in [5, 5.41) is 20.5. The predicted molar refractivity (Wildman–Crippen MR) is 97.2 cm³/mol.